The molecule has 0 aromatic heterocycles. The molecule has 1 N–H and O–H groups in total. The number of rotatable bonds is 4. The van der Waals surface area contributed by atoms with Gasteiger partial charge in [0.05, 0.1) is 12.1 Å². The molecule has 2 rings (SSSR count). The lowest BCUT2D eigenvalue weighted by Crippen LogP contribution is -2.62. The van der Waals surface area contributed by atoms with E-state index in [2.05, 4.69) is 24.1 Å². The third-order valence-electron chi connectivity index (χ3n) is 4.97. The van der Waals surface area contributed by atoms with Gasteiger partial charge in [-0.2, -0.15) is 0 Å². The number of hydrogen-bond donors (Lipinski definition) is 1. The molecule has 1 saturated heterocycles. The van der Waals surface area contributed by atoms with Gasteiger partial charge in [-0.05, 0) is 32.1 Å². The summed E-state index contributed by atoms with van der Waals surface area (Å²) in [6.07, 6.45) is 7.11. The summed E-state index contributed by atoms with van der Waals surface area (Å²) in [6, 6.07) is 0.335. The topological polar surface area (TPSA) is 49.4 Å². The highest BCUT2D eigenvalue weighted by molar-refractivity contribution is 5.90. The van der Waals surface area contributed by atoms with E-state index in [1.54, 1.807) is 0 Å². The van der Waals surface area contributed by atoms with E-state index in [0.717, 1.165) is 19.4 Å². The van der Waals surface area contributed by atoms with Crippen LogP contribution in [0.15, 0.2) is 0 Å². The van der Waals surface area contributed by atoms with Crippen LogP contribution in [0, 0.1) is 5.92 Å². The second-order valence-corrected chi connectivity index (χ2v) is 7.40. The maximum atomic E-state index is 12.8. The third kappa shape index (κ3) is 4.06. The van der Waals surface area contributed by atoms with Gasteiger partial charge in [0.1, 0.15) is 5.78 Å². The van der Waals surface area contributed by atoms with E-state index in [0.29, 0.717) is 31.3 Å². The van der Waals surface area contributed by atoms with Crippen LogP contribution in [0.3, 0.4) is 0 Å². The predicted octanol–water partition coefficient (Wildman–Crippen LogP) is 2.51. The lowest BCUT2D eigenvalue weighted by molar-refractivity contribution is -0.140. The Kier molecular flexibility index (Phi) is 5.42. The smallest absolute Gasteiger partial charge is 0.240 e. The first kappa shape index (κ1) is 16.5. The molecule has 2 aliphatic rings. The molecule has 1 aliphatic heterocycles. The highest BCUT2D eigenvalue weighted by atomic mass is 16.2. The SMILES string of the molecule is CC(C)CN1CC(=O)CCC1(C)C(=O)NC1CCCCC1. The van der Waals surface area contributed by atoms with Gasteiger partial charge in [0.25, 0.3) is 0 Å². The van der Waals surface area contributed by atoms with Crippen LogP contribution in [0.25, 0.3) is 0 Å². The summed E-state index contributed by atoms with van der Waals surface area (Å²) in [7, 11) is 0. The van der Waals surface area contributed by atoms with E-state index < -0.39 is 5.54 Å². The van der Waals surface area contributed by atoms with Crippen LogP contribution in [-0.2, 0) is 9.59 Å². The molecular weight excluding hydrogens is 264 g/mol. The highest BCUT2D eigenvalue weighted by Gasteiger charge is 2.44. The molecule has 120 valence electrons. The van der Waals surface area contributed by atoms with Crippen LogP contribution in [0.2, 0.25) is 0 Å². The van der Waals surface area contributed by atoms with E-state index in [-0.39, 0.29) is 11.7 Å². The zero-order valence-electron chi connectivity index (χ0n) is 13.8. The van der Waals surface area contributed by atoms with Crippen LogP contribution in [0.1, 0.15) is 65.7 Å². The van der Waals surface area contributed by atoms with Crippen molar-refractivity contribution >= 4 is 11.7 Å². The fourth-order valence-electron chi connectivity index (χ4n) is 3.56. The Morgan fingerprint density at radius 3 is 2.62 bits per heavy atom. The molecule has 4 heteroatoms. The Bertz CT molecular complexity index is 388. The molecule has 1 unspecified atom stereocenters. The maximum absolute atomic E-state index is 12.8. The first-order chi connectivity index (χ1) is 9.91. The zero-order chi connectivity index (χ0) is 15.5. The number of carbonyl (C=O) groups excluding carboxylic acids is 2. The number of carbonyl (C=O) groups is 2. The number of ketones is 1. The largest absolute Gasteiger partial charge is 0.352 e. The quantitative estimate of drug-likeness (QED) is 0.867. The van der Waals surface area contributed by atoms with Crippen LogP contribution in [0.5, 0.6) is 0 Å². The number of likely N-dealkylation sites (tertiary alicyclic amines) is 1. The first-order valence-electron chi connectivity index (χ1n) is 8.49. The van der Waals surface area contributed by atoms with E-state index >= 15 is 0 Å². The van der Waals surface area contributed by atoms with Crippen LogP contribution < -0.4 is 5.32 Å². The summed E-state index contributed by atoms with van der Waals surface area (Å²) in [5.41, 5.74) is -0.518. The molecule has 1 heterocycles. The predicted molar refractivity (Wildman–Crippen MR) is 84.1 cm³/mol. The minimum Gasteiger partial charge on any atom is -0.352 e. The Labute approximate surface area is 128 Å². The summed E-state index contributed by atoms with van der Waals surface area (Å²) in [5, 5.41) is 3.26. The van der Waals surface area contributed by atoms with E-state index in [1.165, 1.54) is 19.3 Å². The molecule has 1 saturated carbocycles. The van der Waals surface area contributed by atoms with Crippen molar-refractivity contribution in [3.8, 4) is 0 Å². The van der Waals surface area contributed by atoms with Gasteiger partial charge in [-0.1, -0.05) is 33.1 Å². The standard InChI is InChI=1S/C17H30N2O2/c1-13(2)11-19-12-15(20)9-10-17(19,3)16(21)18-14-7-5-4-6-8-14/h13-14H,4-12H2,1-3H3,(H,18,21). The number of amides is 1. The summed E-state index contributed by atoms with van der Waals surface area (Å²) >= 11 is 0. The van der Waals surface area contributed by atoms with Crippen LogP contribution >= 0.6 is 0 Å². The molecule has 4 nitrogen and oxygen atoms in total. The second kappa shape index (κ2) is 6.91. The van der Waals surface area contributed by atoms with Crippen LogP contribution in [-0.4, -0.2) is 41.3 Å². The zero-order valence-corrected chi connectivity index (χ0v) is 13.8. The highest BCUT2D eigenvalue weighted by Crippen LogP contribution is 2.28. The molecule has 0 aromatic rings. The van der Waals surface area contributed by atoms with Gasteiger partial charge in [-0.3, -0.25) is 14.5 Å². The molecular formula is C17H30N2O2. The molecule has 1 amide bonds. The van der Waals surface area contributed by atoms with Crippen molar-refractivity contribution in [1.29, 1.82) is 0 Å². The maximum Gasteiger partial charge on any atom is 0.240 e. The summed E-state index contributed by atoms with van der Waals surface area (Å²) in [5.74, 6) is 0.846. The van der Waals surface area contributed by atoms with Crippen molar-refractivity contribution in [2.24, 2.45) is 5.92 Å². The van der Waals surface area contributed by atoms with Crippen molar-refractivity contribution in [2.45, 2.75) is 77.3 Å². The van der Waals surface area contributed by atoms with Gasteiger partial charge < -0.3 is 5.32 Å². The van der Waals surface area contributed by atoms with Crippen molar-refractivity contribution in [3.63, 3.8) is 0 Å². The Morgan fingerprint density at radius 1 is 1.33 bits per heavy atom. The van der Waals surface area contributed by atoms with Gasteiger partial charge in [-0.25, -0.2) is 0 Å². The minimum atomic E-state index is -0.518. The summed E-state index contributed by atoms with van der Waals surface area (Å²) in [4.78, 5) is 26.7. The van der Waals surface area contributed by atoms with Crippen molar-refractivity contribution in [1.82, 2.24) is 10.2 Å². The molecule has 1 aliphatic carbocycles. The van der Waals surface area contributed by atoms with Gasteiger partial charge in [-0.15, -0.1) is 0 Å². The lowest BCUT2D eigenvalue weighted by atomic mass is 9.85. The lowest BCUT2D eigenvalue weighted by Gasteiger charge is -2.44. The molecule has 0 aromatic carbocycles. The van der Waals surface area contributed by atoms with Gasteiger partial charge in [0, 0.05) is 19.0 Å². The average Bonchev–Trinajstić information content (AvgIpc) is 2.43. The van der Waals surface area contributed by atoms with E-state index in [4.69, 9.17) is 0 Å². The van der Waals surface area contributed by atoms with Crippen molar-refractivity contribution in [3.05, 3.63) is 0 Å². The molecule has 0 radical (unpaired) electrons. The normalized spacial score (nSPS) is 28.9. The van der Waals surface area contributed by atoms with Gasteiger partial charge >= 0.3 is 0 Å². The van der Waals surface area contributed by atoms with Crippen molar-refractivity contribution < 1.29 is 9.59 Å². The Balaban J connectivity index is 2.04. The summed E-state index contributed by atoms with van der Waals surface area (Å²) < 4.78 is 0. The molecule has 2 fully saturated rings. The van der Waals surface area contributed by atoms with Crippen molar-refractivity contribution in [2.75, 3.05) is 13.1 Å². The van der Waals surface area contributed by atoms with E-state index in [9.17, 15) is 9.59 Å². The third-order valence-corrected chi connectivity index (χ3v) is 4.97. The molecule has 0 spiro atoms. The van der Waals surface area contributed by atoms with E-state index in [1.807, 2.05) is 6.92 Å². The number of hydrogen-bond acceptors (Lipinski definition) is 3. The minimum absolute atomic E-state index is 0.127. The van der Waals surface area contributed by atoms with Crippen LogP contribution in [0.4, 0.5) is 0 Å². The average molecular weight is 294 g/mol. The number of piperidine rings is 1. The Hall–Kier alpha value is -0.900. The number of nitrogens with one attached hydrogen (secondary N) is 1. The fourth-order valence-corrected chi connectivity index (χ4v) is 3.56. The monoisotopic (exact) mass is 294 g/mol. The fraction of sp³-hybridized carbons (Fsp3) is 0.882. The second-order valence-electron chi connectivity index (χ2n) is 7.40. The number of nitrogens with zero attached hydrogens (tertiary/aromatic N) is 1. The molecule has 1 atom stereocenters. The van der Waals surface area contributed by atoms with Gasteiger partial charge in [0.15, 0.2) is 0 Å². The summed E-state index contributed by atoms with van der Waals surface area (Å²) in [6.45, 7) is 7.52. The molecule has 0 bridgehead atoms. The molecule has 21 heavy (non-hydrogen) atoms. The van der Waals surface area contributed by atoms with Gasteiger partial charge in [0.2, 0.25) is 5.91 Å². The Morgan fingerprint density at radius 2 is 2.00 bits per heavy atom. The first-order valence-corrected chi connectivity index (χ1v) is 8.49. The number of Topliss-reactive ketones (excluding diaryl/α,β-unsaturated/α-hetero) is 1.